The van der Waals surface area contributed by atoms with Crippen molar-refractivity contribution in [3.8, 4) is 0 Å². The van der Waals surface area contributed by atoms with Crippen molar-refractivity contribution in [3.05, 3.63) is 41.7 Å². The molecule has 0 amide bonds. The number of carboxylic acids is 1. The van der Waals surface area contributed by atoms with Crippen LogP contribution in [0.15, 0.2) is 24.8 Å². The maximum atomic E-state index is 12.9. The highest BCUT2D eigenvalue weighted by Gasteiger charge is 2.33. The van der Waals surface area contributed by atoms with Gasteiger partial charge in [-0.25, -0.2) is 9.18 Å². The zero-order chi connectivity index (χ0) is 12.5. The molecular formula is C10H6F4O2. The zero-order valence-corrected chi connectivity index (χ0v) is 7.81. The van der Waals surface area contributed by atoms with E-state index in [2.05, 4.69) is 6.58 Å². The van der Waals surface area contributed by atoms with Crippen molar-refractivity contribution in [2.24, 2.45) is 0 Å². The van der Waals surface area contributed by atoms with E-state index in [1.165, 1.54) is 0 Å². The fourth-order valence-corrected chi connectivity index (χ4v) is 1.05. The fraction of sp³-hybridized carbons (Fsp3) is 0.100. The normalized spacial score (nSPS) is 11.2. The Labute approximate surface area is 87.8 Å². The Morgan fingerprint density at radius 3 is 2.12 bits per heavy atom. The van der Waals surface area contributed by atoms with Gasteiger partial charge in [0.25, 0.3) is 0 Å². The number of alkyl halides is 3. The number of carboxylic acid groups (broad SMARTS) is 1. The summed E-state index contributed by atoms with van der Waals surface area (Å²) >= 11 is 0. The Bertz CT molecular complexity index is 449. The summed E-state index contributed by atoms with van der Waals surface area (Å²) in [6.45, 7) is 2.75. The molecule has 0 saturated heterocycles. The van der Waals surface area contributed by atoms with Crippen LogP contribution in [0.5, 0.6) is 0 Å². The van der Waals surface area contributed by atoms with E-state index in [1.54, 1.807) is 0 Å². The minimum atomic E-state index is -4.72. The zero-order valence-electron chi connectivity index (χ0n) is 7.81. The number of hydrogen-bond donors (Lipinski definition) is 1. The predicted molar refractivity (Wildman–Crippen MR) is 48.4 cm³/mol. The Morgan fingerprint density at radius 2 is 1.69 bits per heavy atom. The summed E-state index contributed by atoms with van der Waals surface area (Å²) in [5.41, 5.74) is -2.43. The molecule has 1 aromatic rings. The summed E-state index contributed by atoms with van der Waals surface area (Å²) in [5, 5.41) is 8.54. The van der Waals surface area contributed by atoms with Crippen molar-refractivity contribution in [2.45, 2.75) is 6.18 Å². The Hall–Kier alpha value is -1.85. The molecule has 16 heavy (non-hydrogen) atoms. The second-order valence-electron chi connectivity index (χ2n) is 3.01. The molecule has 0 aliphatic carbocycles. The lowest BCUT2D eigenvalue weighted by Gasteiger charge is -2.10. The summed E-state index contributed by atoms with van der Waals surface area (Å²) in [7, 11) is 0. The first-order chi connectivity index (χ1) is 7.21. The van der Waals surface area contributed by atoms with Gasteiger partial charge in [0.15, 0.2) is 0 Å². The van der Waals surface area contributed by atoms with Crippen molar-refractivity contribution in [1.82, 2.24) is 0 Å². The van der Waals surface area contributed by atoms with Crippen LogP contribution in [0.2, 0.25) is 0 Å². The summed E-state index contributed by atoms with van der Waals surface area (Å²) in [4.78, 5) is 10.5. The highest BCUT2D eigenvalue weighted by Crippen LogP contribution is 2.32. The molecule has 0 spiro atoms. The third-order valence-corrected chi connectivity index (χ3v) is 1.84. The molecule has 1 rings (SSSR count). The first kappa shape index (κ1) is 12.2. The molecule has 1 N–H and O–H groups in total. The second-order valence-corrected chi connectivity index (χ2v) is 3.01. The monoisotopic (exact) mass is 234 g/mol. The molecule has 6 heteroatoms. The van der Waals surface area contributed by atoms with E-state index in [4.69, 9.17) is 5.11 Å². The number of benzene rings is 1. The molecule has 0 saturated carbocycles. The molecule has 0 fully saturated rings. The standard InChI is InChI=1S/C10H6F4O2/c1-5(10(12,13)14)6-2-7(9(15)16)4-8(11)3-6/h2-4H,1H2,(H,15,16). The molecule has 1 aromatic carbocycles. The Morgan fingerprint density at radius 1 is 1.19 bits per heavy atom. The van der Waals surface area contributed by atoms with Gasteiger partial charge in [0.05, 0.1) is 11.1 Å². The lowest BCUT2D eigenvalue weighted by atomic mass is 10.0. The molecule has 86 valence electrons. The topological polar surface area (TPSA) is 37.3 Å². The number of carbonyl (C=O) groups is 1. The molecular weight excluding hydrogens is 228 g/mol. The van der Waals surface area contributed by atoms with Crippen molar-refractivity contribution in [3.63, 3.8) is 0 Å². The van der Waals surface area contributed by atoms with Gasteiger partial charge in [-0.2, -0.15) is 13.2 Å². The van der Waals surface area contributed by atoms with E-state index in [0.29, 0.717) is 12.1 Å². The van der Waals surface area contributed by atoms with Crippen LogP contribution in [0.4, 0.5) is 17.6 Å². The van der Waals surface area contributed by atoms with Gasteiger partial charge in [-0.1, -0.05) is 6.58 Å². The SMILES string of the molecule is C=C(c1cc(F)cc(C(=O)O)c1)C(F)(F)F. The lowest BCUT2D eigenvalue weighted by molar-refractivity contribution is -0.0686. The van der Waals surface area contributed by atoms with Crippen LogP contribution in [0.3, 0.4) is 0 Å². The molecule has 0 heterocycles. The van der Waals surface area contributed by atoms with E-state index in [-0.39, 0.29) is 0 Å². The van der Waals surface area contributed by atoms with Crippen molar-refractivity contribution >= 4 is 11.5 Å². The highest BCUT2D eigenvalue weighted by molar-refractivity contribution is 5.89. The Balaban J connectivity index is 3.26. The summed E-state index contributed by atoms with van der Waals surface area (Å²) < 4.78 is 49.6. The third-order valence-electron chi connectivity index (χ3n) is 1.84. The van der Waals surface area contributed by atoms with Crippen LogP contribution in [-0.4, -0.2) is 17.3 Å². The number of aromatic carboxylic acids is 1. The Kier molecular flexibility index (Phi) is 3.02. The second kappa shape index (κ2) is 3.96. The lowest BCUT2D eigenvalue weighted by Crippen LogP contribution is -2.10. The molecule has 0 aliphatic rings. The van der Waals surface area contributed by atoms with Gasteiger partial charge >= 0.3 is 12.1 Å². The van der Waals surface area contributed by atoms with Crippen LogP contribution in [-0.2, 0) is 0 Å². The van der Waals surface area contributed by atoms with Crippen LogP contribution >= 0.6 is 0 Å². The van der Waals surface area contributed by atoms with Crippen LogP contribution < -0.4 is 0 Å². The number of halogens is 4. The molecule has 0 atom stereocenters. The van der Waals surface area contributed by atoms with Crippen molar-refractivity contribution < 1.29 is 27.5 Å². The molecule has 0 radical (unpaired) electrons. The molecule has 2 nitrogen and oxygen atoms in total. The van der Waals surface area contributed by atoms with E-state index in [0.717, 1.165) is 6.07 Å². The van der Waals surface area contributed by atoms with E-state index >= 15 is 0 Å². The van der Waals surface area contributed by atoms with Gasteiger partial charge in [-0.15, -0.1) is 0 Å². The maximum Gasteiger partial charge on any atom is 0.416 e. The van der Waals surface area contributed by atoms with Gasteiger partial charge in [0.2, 0.25) is 0 Å². The van der Waals surface area contributed by atoms with Gasteiger partial charge in [-0.05, 0) is 23.8 Å². The van der Waals surface area contributed by atoms with E-state index < -0.39 is 34.7 Å². The largest absolute Gasteiger partial charge is 0.478 e. The highest BCUT2D eigenvalue weighted by atomic mass is 19.4. The smallest absolute Gasteiger partial charge is 0.416 e. The fourth-order valence-electron chi connectivity index (χ4n) is 1.05. The average Bonchev–Trinajstić information content (AvgIpc) is 2.14. The van der Waals surface area contributed by atoms with Crippen LogP contribution in [0.1, 0.15) is 15.9 Å². The average molecular weight is 234 g/mol. The van der Waals surface area contributed by atoms with Crippen LogP contribution in [0.25, 0.3) is 5.57 Å². The van der Waals surface area contributed by atoms with Gasteiger partial charge in [-0.3, -0.25) is 0 Å². The minimum Gasteiger partial charge on any atom is -0.478 e. The third kappa shape index (κ3) is 2.59. The summed E-state index contributed by atoms with van der Waals surface area (Å²) in [5.74, 6) is -2.56. The van der Waals surface area contributed by atoms with Gasteiger partial charge in [0.1, 0.15) is 5.82 Å². The van der Waals surface area contributed by atoms with Gasteiger partial charge in [0, 0.05) is 0 Å². The quantitative estimate of drug-likeness (QED) is 0.798. The predicted octanol–water partition coefficient (Wildman–Crippen LogP) is 3.10. The summed E-state index contributed by atoms with van der Waals surface area (Å²) in [6.07, 6.45) is -4.72. The number of allylic oxidation sites excluding steroid dienone is 1. The molecule has 0 aromatic heterocycles. The molecule has 0 bridgehead atoms. The maximum absolute atomic E-state index is 12.9. The first-order valence-corrected chi connectivity index (χ1v) is 4.02. The number of rotatable bonds is 2. The molecule has 0 aliphatic heterocycles. The first-order valence-electron chi connectivity index (χ1n) is 4.02. The van der Waals surface area contributed by atoms with E-state index in [9.17, 15) is 22.4 Å². The van der Waals surface area contributed by atoms with Crippen molar-refractivity contribution in [1.29, 1.82) is 0 Å². The van der Waals surface area contributed by atoms with Crippen molar-refractivity contribution in [2.75, 3.05) is 0 Å². The van der Waals surface area contributed by atoms with Gasteiger partial charge < -0.3 is 5.11 Å². The summed E-state index contributed by atoms with van der Waals surface area (Å²) in [6, 6.07) is 1.94. The minimum absolute atomic E-state index is 0.555. The van der Waals surface area contributed by atoms with Crippen LogP contribution in [0, 0.1) is 5.82 Å². The molecule has 0 unspecified atom stereocenters. The number of hydrogen-bond acceptors (Lipinski definition) is 1. The van der Waals surface area contributed by atoms with E-state index in [1.807, 2.05) is 0 Å².